The zero-order valence-electron chi connectivity index (χ0n) is 17.5. The number of halogens is 3. The monoisotopic (exact) mass is 425 g/mol. The van der Waals surface area contributed by atoms with Crippen LogP contribution in [0, 0.1) is 17.8 Å². The number of carbonyl (C=O) groups is 2. The molecule has 2 aliphatic rings. The average Bonchev–Trinajstić information content (AvgIpc) is 2.65. The Kier molecular flexibility index (Phi) is 7.06. The zero-order chi connectivity index (χ0) is 21.9. The first-order chi connectivity index (χ1) is 14.1. The summed E-state index contributed by atoms with van der Waals surface area (Å²) in [6.45, 7) is 7.63. The summed E-state index contributed by atoms with van der Waals surface area (Å²) in [5.41, 5.74) is 2.07. The number of alkyl halides is 3. The third-order valence-corrected chi connectivity index (χ3v) is 6.00. The van der Waals surface area contributed by atoms with Crippen molar-refractivity contribution in [1.82, 2.24) is 15.5 Å². The Bertz CT molecular complexity index is 758. The maximum Gasteiger partial charge on any atom is 0.408 e. The number of piperidine rings is 2. The molecule has 3 rings (SSSR count). The van der Waals surface area contributed by atoms with Crippen LogP contribution in [0.3, 0.4) is 0 Å². The molecule has 30 heavy (non-hydrogen) atoms. The number of rotatable bonds is 5. The van der Waals surface area contributed by atoms with Crippen molar-refractivity contribution in [3.05, 3.63) is 35.4 Å². The first kappa shape index (κ1) is 22.6. The highest BCUT2D eigenvalue weighted by Gasteiger charge is 2.45. The van der Waals surface area contributed by atoms with E-state index >= 15 is 0 Å². The predicted octanol–water partition coefficient (Wildman–Crippen LogP) is 3.24. The molecule has 0 bridgehead atoms. The van der Waals surface area contributed by atoms with E-state index in [0.717, 1.165) is 30.8 Å². The van der Waals surface area contributed by atoms with Gasteiger partial charge in [0.05, 0.1) is 0 Å². The van der Waals surface area contributed by atoms with Gasteiger partial charge in [-0.05, 0) is 42.2 Å². The molecule has 2 saturated heterocycles. The molecule has 5 nitrogen and oxygen atoms in total. The summed E-state index contributed by atoms with van der Waals surface area (Å²) < 4.78 is 38.3. The van der Waals surface area contributed by atoms with Crippen molar-refractivity contribution in [2.75, 3.05) is 13.1 Å². The molecule has 0 spiro atoms. The lowest BCUT2D eigenvalue weighted by molar-refractivity contribution is -0.171. The fourth-order valence-corrected chi connectivity index (χ4v) is 4.66. The molecule has 8 heteroatoms. The van der Waals surface area contributed by atoms with Gasteiger partial charge in [0, 0.05) is 26.2 Å². The second kappa shape index (κ2) is 9.37. The van der Waals surface area contributed by atoms with E-state index in [1.165, 1.54) is 6.42 Å². The summed E-state index contributed by atoms with van der Waals surface area (Å²) in [4.78, 5) is 26.9. The number of nitrogens with zero attached hydrogens (tertiary/aromatic N) is 1. The Morgan fingerprint density at radius 2 is 1.77 bits per heavy atom. The minimum atomic E-state index is -4.49. The third-order valence-electron chi connectivity index (χ3n) is 6.00. The number of benzene rings is 1. The fourth-order valence-electron chi connectivity index (χ4n) is 4.66. The second-order valence-corrected chi connectivity index (χ2v) is 8.86. The number of likely N-dealkylation sites (tertiary alicyclic amines) is 1. The largest absolute Gasteiger partial charge is 0.408 e. The molecule has 2 amide bonds. The van der Waals surface area contributed by atoms with Gasteiger partial charge in [-0.3, -0.25) is 14.5 Å². The Morgan fingerprint density at radius 3 is 2.37 bits per heavy atom. The van der Waals surface area contributed by atoms with Gasteiger partial charge in [0.25, 0.3) is 0 Å². The van der Waals surface area contributed by atoms with Crippen LogP contribution < -0.4 is 10.6 Å². The lowest BCUT2D eigenvalue weighted by Crippen LogP contribution is -2.54. The van der Waals surface area contributed by atoms with Gasteiger partial charge in [-0.2, -0.15) is 13.2 Å². The number of carbonyl (C=O) groups excluding carboxylic acids is 2. The van der Waals surface area contributed by atoms with E-state index in [4.69, 9.17) is 0 Å². The molecule has 0 saturated carbocycles. The van der Waals surface area contributed by atoms with Crippen molar-refractivity contribution in [3.63, 3.8) is 0 Å². The van der Waals surface area contributed by atoms with E-state index < -0.39 is 30.0 Å². The number of amides is 2. The van der Waals surface area contributed by atoms with Crippen molar-refractivity contribution >= 4 is 11.8 Å². The van der Waals surface area contributed by atoms with Crippen LogP contribution in [0.2, 0.25) is 0 Å². The van der Waals surface area contributed by atoms with E-state index in [0.29, 0.717) is 11.8 Å². The van der Waals surface area contributed by atoms with Crippen molar-refractivity contribution in [1.29, 1.82) is 0 Å². The summed E-state index contributed by atoms with van der Waals surface area (Å²) in [7, 11) is 0. The van der Waals surface area contributed by atoms with Gasteiger partial charge in [0.2, 0.25) is 11.8 Å². The van der Waals surface area contributed by atoms with Crippen LogP contribution in [0.5, 0.6) is 0 Å². The van der Waals surface area contributed by atoms with E-state index in [1.54, 1.807) is 0 Å². The van der Waals surface area contributed by atoms with Gasteiger partial charge in [-0.25, -0.2) is 0 Å². The maximum absolute atomic E-state index is 12.8. The molecule has 1 aromatic carbocycles. The predicted molar refractivity (Wildman–Crippen MR) is 107 cm³/mol. The highest BCUT2D eigenvalue weighted by atomic mass is 19.4. The average molecular weight is 425 g/mol. The molecule has 2 N–H and O–H groups in total. The summed E-state index contributed by atoms with van der Waals surface area (Å²) >= 11 is 0. The highest BCUT2D eigenvalue weighted by molar-refractivity contribution is 6.00. The van der Waals surface area contributed by atoms with E-state index in [9.17, 15) is 22.8 Å². The van der Waals surface area contributed by atoms with Crippen LogP contribution >= 0.6 is 0 Å². The Hall–Kier alpha value is -2.09. The Balaban J connectivity index is 1.57. The van der Waals surface area contributed by atoms with E-state index in [1.807, 2.05) is 29.6 Å². The van der Waals surface area contributed by atoms with E-state index in [2.05, 4.69) is 24.1 Å². The number of hydrogen-bond acceptors (Lipinski definition) is 3. The van der Waals surface area contributed by atoms with Crippen LogP contribution in [-0.2, 0) is 22.7 Å². The summed E-state index contributed by atoms with van der Waals surface area (Å²) in [6.07, 6.45) is -3.64. The zero-order valence-corrected chi connectivity index (χ0v) is 17.5. The maximum atomic E-state index is 12.8. The summed E-state index contributed by atoms with van der Waals surface area (Å²) in [5, 5.41) is 4.68. The van der Waals surface area contributed by atoms with Crippen LogP contribution in [0.15, 0.2) is 24.3 Å². The fraction of sp³-hybridized carbons (Fsp3) is 0.636. The molecule has 1 aromatic rings. The molecule has 2 aliphatic heterocycles. The van der Waals surface area contributed by atoms with Gasteiger partial charge in [-0.1, -0.05) is 38.1 Å². The molecule has 4 atom stereocenters. The Morgan fingerprint density at radius 1 is 1.13 bits per heavy atom. The summed E-state index contributed by atoms with van der Waals surface area (Å²) in [6, 6.07) is 5.96. The van der Waals surface area contributed by atoms with Crippen molar-refractivity contribution in [3.8, 4) is 0 Å². The SMILES string of the molecule is CC1CC(C)CN(Cc2ccccc2CNC(=O)C2CCC(C(F)(F)F)NC2=O)C1. The highest BCUT2D eigenvalue weighted by Crippen LogP contribution is 2.28. The lowest BCUT2D eigenvalue weighted by Gasteiger charge is -2.35. The molecular formula is C22H30F3N3O2. The minimum absolute atomic E-state index is 0.104. The van der Waals surface area contributed by atoms with Crippen molar-refractivity contribution in [2.24, 2.45) is 17.8 Å². The van der Waals surface area contributed by atoms with E-state index in [-0.39, 0.29) is 19.4 Å². The molecule has 2 fully saturated rings. The first-order valence-electron chi connectivity index (χ1n) is 10.6. The summed E-state index contributed by atoms with van der Waals surface area (Å²) in [5.74, 6) is -1.18. The molecule has 166 valence electrons. The number of hydrogen-bond donors (Lipinski definition) is 2. The molecule has 2 heterocycles. The first-order valence-corrected chi connectivity index (χ1v) is 10.6. The molecule has 4 unspecified atom stereocenters. The molecule has 0 aromatic heterocycles. The topological polar surface area (TPSA) is 61.4 Å². The van der Waals surface area contributed by atoms with Gasteiger partial charge >= 0.3 is 6.18 Å². The van der Waals surface area contributed by atoms with Gasteiger partial charge < -0.3 is 10.6 Å². The Labute approximate surface area is 175 Å². The van der Waals surface area contributed by atoms with Crippen molar-refractivity contribution < 1.29 is 22.8 Å². The van der Waals surface area contributed by atoms with Crippen LogP contribution in [-0.4, -0.2) is 42.0 Å². The van der Waals surface area contributed by atoms with Gasteiger partial charge in [0.15, 0.2) is 0 Å². The molecule has 0 aliphatic carbocycles. The number of nitrogens with one attached hydrogen (secondary N) is 2. The van der Waals surface area contributed by atoms with Crippen molar-refractivity contribution in [2.45, 2.75) is 58.4 Å². The minimum Gasteiger partial charge on any atom is -0.351 e. The standard InChI is InChI=1S/C22H30F3N3O2/c1-14-9-15(2)12-28(11-14)13-17-6-4-3-5-16(17)10-26-20(29)18-7-8-19(22(23,24)25)27-21(18)30/h3-6,14-15,18-19H,7-13H2,1-2H3,(H,26,29)(H,27,30). The second-order valence-electron chi connectivity index (χ2n) is 8.86. The smallest absolute Gasteiger partial charge is 0.351 e. The third kappa shape index (κ3) is 5.74. The molecule has 0 radical (unpaired) electrons. The van der Waals surface area contributed by atoms with Crippen LogP contribution in [0.25, 0.3) is 0 Å². The van der Waals surface area contributed by atoms with Gasteiger partial charge in [0.1, 0.15) is 12.0 Å². The normalized spacial score (nSPS) is 28.1. The lowest BCUT2D eigenvalue weighted by atomic mass is 9.91. The quantitative estimate of drug-likeness (QED) is 0.712. The van der Waals surface area contributed by atoms with Crippen LogP contribution in [0.1, 0.15) is 44.2 Å². The van der Waals surface area contributed by atoms with Crippen LogP contribution in [0.4, 0.5) is 13.2 Å². The van der Waals surface area contributed by atoms with Gasteiger partial charge in [-0.15, -0.1) is 0 Å². The molecular weight excluding hydrogens is 395 g/mol.